The van der Waals surface area contributed by atoms with E-state index < -0.39 is 5.72 Å². The van der Waals surface area contributed by atoms with Gasteiger partial charge >= 0.3 is 0 Å². The summed E-state index contributed by atoms with van der Waals surface area (Å²) in [6.07, 6.45) is 0.861. The average Bonchev–Trinajstić information content (AvgIpc) is 2.44. The maximum Gasteiger partial charge on any atom is 0.250 e. The standard InChI is InChI=1S/C10H20N2O2/c1-5-11(3)7-6-10(2)12(4)9(13)8-14-10/h5-8H2,1-4H3. The fourth-order valence-corrected chi connectivity index (χ4v) is 1.47. The van der Waals surface area contributed by atoms with Crippen LogP contribution in [0.15, 0.2) is 0 Å². The maximum atomic E-state index is 11.3. The second-order valence-corrected chi connectivity index (χ2v) is 4.06. The summed E-state index contributed by atoms with van der Waals surface area (Å²) < 4.78 is 5.51. The Morgan fingerprint density at radius 1 is 1.64 bits per heavy atom. The van der Waals surface area contributed by atoms with E-state index in [1.807, 2.05) is 6.92 Å². The van der Waals surface area contributed by atoms with Gasteiger partial charge < -0.3 is 14.5 Å². The van der Waals surface area contributed by atoms with Gasteiger partial charge in [0.15, 0.2) is 0 Å². The number of likely N-dealkylation sites (N-methyl/N-ethyl adjacent to an activating group) is 1. The van der Waals surface area contributed by atoms with Crippen LogP contribution in [0, 0.1) is 0 Å². The van der Waals surface area contributed by atoms with Crippen LogP contribution in [0.3, 0.4) is 0 Å². The highest BCUT2D eigenvalue weighted by Crippen LogP contribution is 2.25. The molecule has 1 amide bonds. The van der Waals surface area contributed by atoms with Crippen molar-refractivity contribution in [3.05, 3.63) is 0 Å². The number of ether oxygens (including phenoxy) is 1. The Morgan fingerprint density at radius 3 is 2.71 bits per heavy atom. The van der Waals surface area contributed by atoms with Crippen molar-refractivity contribution in [3.8, 4) is 0 Å². The van der Waals surface area contributed by atoms with E-state index in [2.05, 4.69) is 18.9 Å². The van der Waals surface area contributed by atoms with Gasteiger partial charge in [0.25, 0.3) is 5.91 Å². The first-order chi connectivity index (χ1) is 6.49. The predicted molar refractivity (Wildman–Crippen MR) is 54.9 cm³/mol. The first-order valence-electron chi connectivity index (χ1n) is 5.09. The fraction of sp³-hybridized carbons (Fsp3) is 0.900. The molecule has 0 radical (unpaired) electrons. The third-order valence-electron chi connectivity index (χ3n) is 3.09. The van der Waals surface area contributed by atoms with Crippen molar-refractivity contribution in [3.63, 3.8) is 0 Å². The number of carbonyl (C=O) groups is 1. The zero-order chi connectivity index (χ0) is 10.8. The molecule has 0 aromatic carbocycles. The molecule has 1 saturated heterocycles. The highest BCUT2D eigenvalue weighted by atomic mass is 16.5. The number of hydrogen-bond acceptors (Lipinski definition) is 3. The van der Waals surface area contributed by atoms with E-state index in [0.29, 0.717) is 0 Å². The quantitative estimate of drug-likeness (QED) is 0.664. The molecule has 82 valence electrons. The molecule has 1 heterocycles. The molecular formula is C10H20N2O2. The lowest BCUT2D eigenvalue weighted by Gasteiger charge is -2.32. The highest BCUT2D eigenvalue weighted by Gasteiger charge is 2.39. The minimum Gasteiger partial charge on any atom is -0.346 e. The van der Waals surface area contributed by atoms with Gasteiger partial charge in [-0.15, -0.1) is 0 Å². The zero-order valence-corrected chi connectivity index (χ0v) is 9.54. The van der Waals surface area contributed by atoms with E-state index in [0.717, 1.165) is 19.5 Å². The summed E-state index contributed by atoms with van der Waals surface area (Å²) in [5.74, 6) is 0.0756. The van der Waals surface area contributed by atoms with Gasteiger partial charge in [0.05, 0.1) is 0 Å². The summed E-state index contributed by atoms with van der Waals surface area (Å²) in [6.45, 7) is 6.29. The van der Waals surface area contributed by atoms with Crippen molar-refractivity contribution in [1.82, 2.24) is 9.80 Å². The Kier molecular flexibility index (Phi) is 3.50. The van der Waals surface area contributed by atoms with Crippen molar-refractivity contribution in [2.75, 3.05) is 33.8 Å². The molecule has 0 spiro atoms. The normalized spacial score (nSPS) is 27.8. The van der Waals surface area contributed by atoms with Crippen molar-refractivity contribution < 1.29 is 9.53 Å². The molecule has 0 saturated carbocycles. The van der Waals surface area contributed by atoms with Crippen LogP contribution in [0.2, 0.25) is 0 Å². The number of rotatable bonds is 4. The largest absolute Gasteiger partial charge is 0.346 e. The van der Waals surface area contributed by atoms with E-state index in [1.54, 1.807) is 11.9 Å². The third-order valence-corrected chi connectivity index (χ3v) is 3.09. The number of amides is 1. The second kappa shape index (κ2) is 4.28. The van der Waals surface area contributed by atoms with Gasteiger partial charge in [-0.3, -0.25) is 4.79 Å². The molecule has 0 aliphatic carbocycles. The van der Waals surface area contributed by atoms with Crippen LogP contribution in [0.4, 0.5) is 0 Å². The Hall–Kier alpha value is -0.610. The van der Waals surface area contributed by atoms with Crippen LogP contribution >= 0.6 is 0 Å². The smallest absolute Gasteiger partial charge is 0.250 e. The Balaban J connectivity index is 2.46. The molecular weight excluding hydrogens is 180 g/mol. The summed E-state index contributed by atoms with van der Waals surface area (Å²) in [7, 11) is 3.88. The van der Waals surface area contributed by atoms with E-state index in [-0.39, 0.29) is 12.5 Å². The third kappa shape index (κ3) is 2.25. The Morgan fingerprint density at radius 2 is 2.29 bits per heavy atom. The van der Waals surface area contributed by atoms with Gasteiger partial charge in [-0.2, -0.15) is 0 Å². The molecule has 0 aromatic heterocycles. The molecule has 1 aliphatic heterocycles. The number of nitrogens with zero attached hydrogens (tertiary/aromatic N) is 2. The molecule has 1 aliphatic rings. The maximum absolute atomic E-state index is 11.3. The van der Waals surface area contributed by atoms with Crippen molar-refractivity contribution in [2.24, 2.45) is 0 Å². The summed E-state index contributed by atoms with van der Waals surface area (Å²) >= 11 is 0. The lowest BCUT2D eigenvalue weighted by Crippen LogP contribution is -2.43. The first kappa shape index (κ1) is 11.5. The lowest BCUT2D eigenvalue weighted by molar-refractivity contribution is -0.130. The number of carbonyl (C=O) groups excluding carboxylic acids is 1. The average molecular weight is 200 g/mol. The molecule has 0 N–H and O–H groups in total. The topological polar surface area (TPSA) is 32.8 Å². The van der Waals surface area contributed by atoms with Crippen molar-refractivity contribution in [1.29, 1.82) is 0 Å². The summed E-state index contributed by atoms with van der Waals surface area (Å²) in [5, 5.41) is 0. The van der Waals surface area contributed by atoms with Gasteiger partial charge in [-0.25, -0.2) is 0 Å². The van der Waals surface area contributed by atoms with E-state index in [4.69, 9.17) is 4.74 Å². The van der Waals surface area contributed by atoms with Gasteiger partial charge in [-0.05, 0) is 20.5 Å². The van der Waals surface area contributed by atoms with Crippen LogP contribution in [0.1, 0.15) is 20.3 Å². The first-order valence-corrected chi connectivity index (χ1v) is 5.09. The summed E-state index contributed by atoms with van der Waals surface area (Å²) in [5.41, 5.74) is -0.402. The van der Waals surface area contributed by atoms with Crippen molar-refractivity contribution in [2.45, 2.75) is 26.0 Å². The minimum atomic E-state index is -0.402. The number of hydrogen-bond donors (Lipinski definition) is 0. The molecule has 14 heavy (non-hydrogen) atoms. The second-order valence-electron chi connectivity index (χ2n) is 4.06. The predicted octanol–water partition coefficient (Wildman–Crippen LogP) is 0.533. The van der Waals surface area contributed by atoms with Gasteiger partial charge in [0.1, 0.15) is 12.3 Å². The molecule has 4 nitrogen and oxygen atoms in total. The fourth-order valence-electron chi connectivity index (χ4n) is 1.47. The monoisotopic (exact) mass is 200 g/mol. The van der Waals surface area contributed by atoms with Crippen LogP contribution in [-0.4, -0.2) is 55.2 Å². The summed E-state index contributed by atoms with van der Waals surface area (Å²) in [4.78, 5) is 15.2. The van der Waals surface area contributed by atoms with Gasteiger partial charge in [0.2, 0.25) is 0 Å². The molecule has 1 atom stereocenters. The molecule has 0 bridgehead atoms. The molecule has 1 rings (SSSR count). The van der Waals surface area contributed by atoms with Gasteiger partial charge in [-0.1, -0.05) is 6.92 Å². The molecule has 1 unspecified atom stereocenters. The molecule has 4 heteroatoms. The van der Waals surface area contributed by atoms with Crippen LogP contribution in [-0.2, 0) is 9.53 Å². The summed E-state index contributed by atoms with van der Waals surface area (Å²) in [6, 6.07) is 0. The molecule has 1 fully saturated rings. The molecule has 0 aromatic rings. The van der Waals surface area contributed by atoms with Crippen LogP contribution < -0.4 is 0 Å². The SMILES string of the molecule is CCN(C)CCC1(C)OCC(=O)N1C. The minimum absolute atomic E-state index is 0.0756. The van der Waals surface area contributed by atoms with E-state index in [1.165, 1.54) is 0 Å². The van der Waals surface area contributed by atoms with E-state index >= 15 is 0 Å². The van der Waals surface area contributed by atoms with Crippen molar-refractivity contribution >= 4 is 5.91 Å². The van der Waals surface area contributed by atoms with Crippen LogP contribution in [0.5, 0.6) is 0 Å². The Labute approximate surface area is 85.8 Å². The highest BCUT2D eigenvalue weighted by molar-refractivity contribution is 5.79. The van der Waals surface area contributed by atoms with E-state index in [9.17, 15) is 4.79 Å². The Bertz CT molecular complexity index is 220. The zero-order valence-electron chi connectivity index (χ0n) is 9.54. The van der Waals surface area contributed by atoms with Gasteiger partial charge in [0, 0.05) is 20.0 Å². The lowest BCUT2D eigenvalue weighted by atomic mass is 10.1. The van der Waals surface area contributed by atoms with Crippen LogP contribution in [0.25, 0.3) is 0 Å².